The molecule has 17 heavy (non-hydrogen) atoms. The van der Waals surface area contributed by atoms with E-state index in [-0.39, 0.29) is 11.6 Å². The van der Waals surface area contributed by atoms with Crippen molar-refractivity contribution in [2.75, 3.05) is 12.9 Å². The Balaban J connectivity index is 2.64. The Morgan fingerprint density at radius 2 is 2.29 bits per heavy atom. The van der Waals surface area contributed by atoms with Crippen molar-refractivity contribution < 1.29 is 13.3 Å². The Labute approximate surface area is 103 Å². The number of nitriles is 1. The van der Waals surface area contributed by atoms with Gasteiger partial charge in [0.1, 0.15) is 11.6 Å². The van der Waals surface area contributed by atoms with Crippen molar-refractivity contribution in [1.82, 2.24) is 0 Å². The van der Waals surface area contributed by atoms with Crippen LogP contribution in [0.2, 0.25) is 0 Å². The van der Waals surface area contributed by atoms with Crippen LogP contribution in [0.5, 0.6) is 5.75 Å². The first-order chi connectivity index (χ1) is 8.17. The minimum Gasteiger partial charge on any atom is -0.496 e. The van der Waals surface area contributed by atoms with Crippen molar-refractivity contribution in [2.24, 2.45) is 0 Å². The molecule has 92 valence electrons. The zero-order valence-electron chi connectivity index (χ0n) is 9.61. The molecule has 0 N–H and O–H groups in total. The van der Waals surface area contributed by atoms with Crippen molar-refractivity contribution in [3.05, 3.63) is 29.6 Å². The molecular weight excluding hydrogens is 241 g/mol. The maximum absolute atomic E-state index is 13.0. The molecule has 1 atom stereocenters. The Hall–Kier alpha value is -1.41. The second kappa shape index (κ2) is 7.02. The Bertz CT molecular complexity index is 443. The highest BCUT2D eigenvalue weighted by molar-refractivity contribution is 7.84. The number of hydrogen-bond acceptors (Lipinski definition) is 3. The van der Waals surface area contributed by atoms with E-state index in [9.17, 15) is 8.60 Å². The van der Waals surface area contributed by atoms with Crippen LogP contribution in [0.4, 0.5) is 4.39 Å². The van der Waals surface area contributed by atoms with Gasteiger partial charge < -0.3 is 4.74 Å². The van der Waals surface area contributed by atoms with Gasteiger partial charge in [0.15, 0.2) is 0 Å². The van der Waals surface area contributed by atoms with Gasteiger partial charge in [-0.05, 0) is 24.6 Å². The molecule has 0 aliphatic carbocycles. The standard InChI is InChI=1S/C12H14FNO2S/c1-16-12-5-4-11(13)8-10(12)9-17(15)7-3-2-6-14/h4-5,8H,2-3,7,9H2,1H3. The van der Waals surface area contributed by atoms with E-state index >= 15 is 0 Å². The number of benzene rings is 1. The zero-order valence-corrected chi connectivity index (χ0v) is 10.4. The number of methoxy groups -OCH3 is 1. The molecule has 0 aliphatic rings. The van der Waals surface area contributed by atoms with Gasteiger partial charge in [0.05, 0.1) is 18.9 Å². The minimum absolute atomic E-state index is 0.256. The van der Waals surface area contributed by atoms with Gasteiger partial charge in [-0.3, -0.25) is 4.21 Å². The van der Waals surface area contributed by atoms with Gasteiger partial charge in [0.2, 0.25) is 0 Å². The van der Waals surface area contributed by atoms with E-state index < -0.39 is 10.8 Å². The number of nitrogens with zero attached hydrogens (tertiary/aromatic N) is 1. The number of unbranched alkanes of at least 4 members (excludes halogenated alkanes) is 1. The van der Waals surface area contributed by atoms with Gasteiger partial charge in [-0.1, -0.05) is 0 Å². The first-order valence-corrected chi connectivity index (χ1v) is 6.70. The fraction of sp³-hybridized carbons (Fsp3) is 0.417. The van der Waals surface area contributed by atoms with Crippen LogP contribution in [0.3, 0.4) is 0 Å². The third-order valence-electron chi connectivity index (χ3n) is 2.22. The van der Waals surface area contributed by atoms with E-state index in [1.807, 2.05) is 6.07 Å². The molecule has 0 amide bonds. The van der Waals surface area contributed by atoms with Gasteiger partial charge in [-0.15, -0.1) is 0 Å². The summed E-state index contributed by atoms with van der Waals surface area (Å²) in [5.74, 6) is 0.884. The maximum Gasteiger partial charge on any atom is 0.123 e. The molecule has 0 bridgehead atoms. The Morgan fingerprint density at radius 3 is 2.94 bits per heavy atom. The predicted molar refractivity (Wildman–Crippen MR) is 64.5 cm³/mol. The first kappa shape index (κ1) is 13.7. The molecule has 0 saturated carbocycles. The monoisotopic (exact) mass is 255 g/mol. The highest BCUT2D eigenvalue weighted by atomic mass is 32.2. The Kier molecular flexibility index (Phi) is 5.64. The van der Waals surface area contributed by atoms with Crippen LogP contribution in [-0.2, 0) is 16.6 Å². The summed E-state index contributed by atoms with van der Waals surface area (Å²) in [4.78, 5) is 0. The average Bonchev–Trinajstić information content (AvgIpc) is 2.29. The molecular formula is C12H14FNO2S. The summed E-state index contributed by atoms with van der Waals surface area (Å²) in [6, 6.07) is 6.17. The first-order valence-electron chi connectivity index (χ1n) is 5.21. The summed E-state index contributed by atoms with van der Waals surface area (Å²) in [5.41, 5.74) is 0.600. The minimum atomic E-state index is -1.09. The fourth-order valence-electron chi connectivity index (χ4n) is 1.42. The normalized spacial score (nSPS) is 11.8. The molecule has 0 aromatic heterocycles. The molecule has 1 aromatic rings. The number of hydrogen-bond donors (Lipinski definition) is 0. The van der Waals surface area contributed by atoms with Gasteiger partial charge >= 0.3 is 0 Å². The lowest BCUT2D eigenvalue weighted by molar-refractivity contribution is 0.410. The van der Waals surface area contributed by atoms with Gasteiger partial charge in [0.25, 0.3) is 0 Å². The third-order valence-corrected chi connectivity index (χ3v) is 3.60. The average molecular weight is 255 g/mol. The molecule has 0 saturated heterocycles. The smallest absolute Gasteiger partial charge is 0.123 e. The summed E-state index contributed by atoms with van der Waals surface area (Å²) < 4.78 is 29.8. The van der Waals surface area contributed by atoms with E-state index in [0.717, 1.165) is 0 Å². The molecule has 0 aliphatic heterocycles. The van der Waals surface area contributed by atoms with Crippen LogP contribution in [0, 0.1) is 17.1 Å². The van der Waals surface area contributed by atoms with Gasteiger partial charge in [-0.25, -0.2) is 4.39 Å². The van der Waals surface area contributed by atoms with Crippen molar-refractivity contribution in [2.45, 2.75) is 18.6 Å². The summed E-state index contributed by atoms with van der Waals surface area (Å²) >= 11 is 0. The molecule has 0 spiro atoms. The second-order valence-electron chi connectivity index (χ2n) is 3.51. The molecule has 0 fully saturated rings. The molecule has 0 radical (unpaired) electrons. The number of ether oxygens (including phenoxy) is 1. The lowest BCUT2D eigenvalue weighted by atomic mass is 10.2. The second-order valence-corrected chi connectivity index (χ2v) is 5.08. The SMILES string of the molecule is COc1ccc(F)cc1CS(=O)CCCC#N. The van der Waals surface area contributed by atoms with Crippen molar-refractivity contribution in [3.63, 3.8) is 0 Å². The van der Waals surface area contributed by atoms with Crippen LogP contribution in [-0.4, -0.2) is 17.1 Å². The van der Waals surface area contributed by atoms with E-state index in [1.54, 1.807) is 0 Å². The van der Waals surface area contributed by atoms with Crippen LogP contribution in [0.25, 0.3) is 0 Å². The molecule has 1 unspecified atom stereocenters. The van der Waals surface area contributed by atoms with Crippen LogP contribution in [0.15, 0.2) is 18.2 Å². The van der Waals surface area contributed by atoms with Crippen molar-refractivity contribution >= 4 is 10.8 Å². The van der Waals surface area contributed by atoms with E-state index in [1.165, 1.54) is 25.3 Å². The van der Waals surface area contributed by atoms with Crippen LogP contribution in [0.1, 0.15) is 18.4 Å². The fourth-order valence-corrected chi connectivity index (χ4v) is 2.60. The topological polar surface area (TPSA) is 50.1 Å². The molecule has 0 heterocycles. The molecule has 1 rings (SSSR count). The number of halogens is 1. The molecule has 3 nitrogen and oxygen atoms in total. The maximum atomic E-state index is 13.0. The largest absolute Gasteiger partial charge is 0.496 e. The molecule has 5 heteroatoms. The highest BCUT2D eigenvalue weighted by Gasteiger charge is 2.08. The highest BCUT2D eigenvalue weighted by Crippen LogP contribution is 2.21. The van der Waals surface area contributed by atoms with E-state index in [2.05, 4.69) is 0 Å². The van der Waals surface area contributed by atoms with Gasteiger partial charge in [0, 0.05) is 28.5 Å². The Morgan fingerprint density at radius 1 is 1.53 bits per heavy atom. The quantitative estimate of drug-likeness (QED) is 0.733. The lowest BCUT2D eigenvalue weighted by Gasteiger charge is -2.08. The van der Waals surface area contributed by atoms with Gasteiger partial charge in [-0.2, -0.15) is 5.26 Å². The molecule has 1 aromatic carbocycles. The zero-order chi connectivity index (χ0) is 12.7. The van der Waals surface area contributed by atoms with Crippen molar-refractivity contribution in [1.29, 1.82) is 5.26 Å². The number of rotatable bonds is 6. The summed E-state index contributed by atoms with van der Waals surface area (Å²) in [5, 5.41) is 8.37. The van der Waals surface area contributed by atoms with Crippen LogP contribution >= 0.6 is 0 Å². The summed E-state index contributed by atoms with van der Waals surface area (Å²) in [7, 11) is 0.405. The van der Waals surface area contributed by atoms with E-state index in [4.69, 9.17) is 10.00 Å². The predicted octanol–water partition coefficient (Wildman–Crippen LogP) is 2.39. The summed E-state index contributed by atoms with van der Waals surface area (Å²) in [6.45, 7) is 0. The lowest BCUT2D eigenvalue weighted by Crippen LogP contribution is -2.03. The third kappa shape index (κ3) is 4.53. The van der Waals surface area contributed by atoms with Crippen LogP contribution < -0.4 is 4.74 Å². The van der Waals surface area contributed by atoms with Crippen molar-refractivity contribution in [3.8, 4) is 11.8 Å². The summed E-state index contributed by atoms with van der Waals surface area (Å²) in [6.07, 6.45) is 0.993. The van der Waals surface area contributed by atoms with E-state index in [0.29, 0.717) is 29.9 Å².